The zero-order valence-corrected chi connectivity index (χ0v) is 9.64. The molecule has 0 aromatic heterocycles. The van der Waals surface area contributed by atoms with E-state index >= 15 is 0 Å². The highest BCUT2D eigenvalue weighted by atomic mass is 35.5. The fourth-order valence-electron chi connectivity index (χ4n) is 1.96. The van der Waals surface area contributed by atoms with Gasteiger partial charge in [-0.1, -0.05) is 12.1 Å². The summed E-state index contributed by atoms with van der Waals surface area (Å²) in [6.07, 6.45) is 4.34. The standard InChI is InChI=1S/C12H15NO.ClH/c1-14-11-5-4-9-2-3-10(6-7-13)12(9)8-11;/h4-6,8H,2-3,7,13H2,1H3;1H. The van der Waals surface area contributed by atoms with Crippen molar-refractivity contribution in [3.63, 3.8) is 0 Å². The van der Waals surface area contributed by atoms with Crippen LogP contribution in [0.4, 0.5) is 0 Å². The molecule has 1 aliphatic carbocycles. The van der Waals surface area contributed by atoms with E-state index in [1.165, 1.54) is 16.7 Å². The Morgan fingerprint density at radius 1 is 1.40 bits per heavy atom. The molecule has 0 amide bonds. The van der Waals surface area contributed by atoms with Crippen LogP contribution in [0.2, 0.25) is 0 Å². The maximum absolute atomic E-state index is 5.53. The van der Waals surface area contributed by atoms with Crippen molar-refractivity contribution in [2.24, 2.45) is 5.73 Å². The third-order valence-electron chi connectivity index (χ3n) is 2.69. The summed E-state index contributed by atoms with van der Waals surface area (Å²) in [5, 5.41) is 0. The van der Waals surface area contributed by atoms with Crippen LogP contribution in [0, 0.1) is 0 Å². The van der Waals surface area contributed by atoms with Crippen molar-refractivity contribution in [3.8, 4) is 5.75 Å². The quantitative estimate of drug-likeness (QED) is 0.839. The van der Waals surface area contributed by atoms with E-state index in [1.807, 2.05) is 6.07 Å². The van der Waals surface area contributed by atoms with Crippen LogP contribution in [0.15, 0.2) is 24.3 Å². The van der Waals surface area contributed by atoms with Crippen molar-refractivity contribution < 1.29 is 4.74 Å². The van der Waals surface area contributed by atoms with Gasteiger partial charge in [0, 0.05) is 6.54 Å². The molecule has 0 bridgehead atoms. The minimum Gasteiger partial charge on any atom is -0.497 e. The molecule has 82 valence electrons. The molecule has 1 aromatic rings. The molecule has 1 aliphatic rings. The first-order valence-corrected chi connectivity index (χ1v) is 4.91. The summed E-state index contributed by atoms with van der Waals surface area (Å²) in [7, 11) is 1.70. The highest BCUT2D eigenvalue weighted by molar-refractivity contribution is 5.85. The van der Waals surface area contributed by atoms with Crippen LogP contribution >= 0.6 is 12.4 Å². The third kappa shape index (κ3) is 2.33. The molecule has 0 aliphatic heterocycles. The van der Waals surface area contributed by atoms with Gasteiger partial charge in [-0.3, -0.25) is 0 Å². The summed E-state index contributed by atoms with van der Waals surface area (Å²) in [5.41, 5.74) is 9.61. The second kappa shape index (κ2) is 5.19. The van der Waals surface area contributed by atoms with Crippen LogP contribution in [0.1, 0.15) is 17.5 Å². The Bertz CT molecular complexity index is 374. The number of ether oxygens (including phenoxy) is 1. The second-order valence-corrected chi connectivity index (χ2v) is 3.49. The summed E-state index contributed by atoms with van der Waals surface area (Å²) in [5.74, 6) is 0.925. The molecular formula is C12H16ClNO. The monoisotopic (exact) mass is 225 g/mol. The molecule has 0 fully saturated rings. The number of methoxy groups -OCH3 is 1. The fraction of sp³-hybridized carbons (Fsp3) is 0.333. The summed E-state index contributed by atoms with van der Waals surface area (Å²) < 4.78 is 5.21. The second-order valence-electron chi connectivity index (χ2n) is 3.49. The SMILES string of the molecule is COc1ccc2c(c1)C(=CCN)CC2.Cl. The first-order chi connectivity index (χ1) is 6.85. The van der Waals surface area contributed by atoms with E-state index in [9.17, 15) is 0 Å². The maximum Gasteiger partial charge on any atom is 0.119 e. The summed E-state index contributed by atoms with van der Waals surface area (Å²) in [4.78, 5) is 0. The van der Waals surface area contributed by atoms with Crippen molar-refractivity contribution in [1.29, 1.82) is 0 Å². The molecule has 0 saturated carbocycles. The van der Waals surface area contributed by atoms with E-state index in [0.29, 0.717) is 6.54 Å². The van der Waals surface area contributed by atoms with Crippen molar-refractivity contribution in [3.05, 3.63) is 35.4 Å². The molecule has 15 heavy (non-hydrogen) atoms. The van der Waals surface area contributed by atoms with E-state index < -0.39 is 0 Å². The van der Waals surface area contributed by atoms with Crippen LogP contribution < -0.4 is 10.5 Å². The number of fused-ring (bicyclic) bond motifs is 1. The Balaban J connectivity index is 0.00000112. The van der Waals surface area contributed by atoms with E-state index in [-0.39, 0.29) is 12.4 Å². The number of nitrogens with two attached hydrogens (primary N) is 1. The molecule has 0 radical (unpaired) electrons. The topological polar surface area (TPSA) is 35.2 Å². The molecule has 2 nitrogen and oxygen atoms in total. The highest BCUT2D eigenvalue weighted by Gasteiger charge is 2.15. The van der Waals surface area contributed by atoms with Gasteiger partial charge in [-0.15, -0.1) is 12.4 Å². The molecule has 0 atom stereocenters. The smallest absolute Gasteiger partial charge is 0.119 e. The van der Waals surface area contributed by atoms with E-state index in [4.69, 9.17) is 10.5 Å². The van der Waals surface area contributed by atoms with Gasteiger partial charge in [0.1, 0.15) is 5.75 Å². The number of halogens is 1. The number of benzene rings is 1. The molecule has 0 unspecified atom stereocenters. The van der Waals surface area contributed by atoms with Gasteiger partial charge in [-0.25, -0.2) is 0 Å². The average Bonchev–Trinajstić information content (AvgIpc) is 2.61. The first-order valence-electron chi connectivity index (χ1n) is 4.91. The normalized spacial score (nSPS) is 16.0. The van der Waals surface area contributed by atoms with Gasteiger partial charge < -0.3 is 10.5 Å². The minimum absolute atomic E-state index is 0. The van der Waals surface area contributed by atoms with Crippen molar-refractivity contribution in [2.75, 3.05) is 13.7 Å². The van der Waals surface area contributed by atoms with Gasteiger partial charge in [-0.2, -0.15) is 0 Å². The van der Waals surface area contributed by atoms with Crippen LogP contribution in [-0.2, 0) is 6.42 Å². The molecule has 3 heteroatoms. The number of hydrogen-bond donors (Lipinski definition) is 1. The largest absolute Gasteiger partial charge is 0.497 e. The molecule has 2 rings (SSSR count). The van der Waals surface area contributed by atoms with Gasteiger partial charge >= 0.3 is 0 Å². The van der Waals surface area contributed by atoms with E-state index in [2.05, 4.69) is 18.2 Å². The molecule has 0 saturated heterocycles. The van der Waals surface area contributed by atoms with Crippen molar-refractivity contribution >= 4 is 18.0 Å². The number of aryl methyl sites for hydroxylation is 1. The fourth-order valence-corrected chi connectivity index (χ4v) is 1.96. The van der Waals surface area contributed by atoms with Gasteiger partial charge in [-0.05, 0) is 41.7 Å². The molecule has 1 aromatic carbocycles. The molecule has 0 spiro atoms. The van der Waals surface area contributed by atoms with Gasteiger partial charge in [0.05, 0.1) is 7.11 Å². The average molecular weight is 226 g/mol. The summed E-state index contributed by atoms with van der Waals surface area (Å²) >= 11 is 0. The van der Waals surface area contributed by atoms with Gasteiger partial charge in [0.15, 0.2) is 0 Å². The number of hydrogen-bond acceptors (Lipinski definition) is 2. The molecule has 0 heterocycles. The Morgan fingerprint density at radius 3 is 2.87 bits per heavy atom. The first kappa shape index (κ1) is 12.1. The van der Waals surface area contributed by atoms with Crippen LogP contribution in [0.3, 0.4) is 0 Å². The predicted molar refractivity (Wildman–Crippen MR) is 65.6 cm³/mol. The van der Waals surface area contributed by atoms with Gasteiger partial charge in [0.25, 0.3) is 0 Å². The molecule has 2 N–H and O–H groups in total. The Kier molecular flexibility index (Phi) is 4.18. The molecular weight excluding hydrogens is 210 g/mol. The number of rotatable bonds is 2. The highest BCUT2D eigenvalue weighted by Crippen LogP contribution is 2.34. The Hall–Kier alpha value is -0.990. The lowest BCUT2D eigenvalue weighted by Gasteiger charge is -2.04. The van der Waals surface area contributed by atoms with Gasteiger partial charge in [0.2, 0.25) is 0 Å². The lowest BCUT2D eigenvalue weighted by atomic mass is 10.1. The lowest BCUT2D eigenvalue weighted by molar-refractivity contribution is 0.414. The number of allylic oxidation sites excluding steroid dienone is 1. The van der Waals surface area contributed by atoms with Crippen LogP contribution in [-0.4, -0.2) is 13.7 Å². The van der Waals surface area contributed by atoms with Crippen molar-refractivity contribution in [1.82, 2.24) is 0 Å². The minimum atomic E-state index is 0. The van der Waals surface area contributed by atoms with Crippen molar-refractivity contribution in [2.45, 2.75) is 12.8 Å². The summed E-state index contributed by atoms with van der Waals surface area (Å²) in [6.45, 7) is 0.617. The van der Waals surface area contributed by atoms with Crippen LogP contribution in [0.5, 0.6) is 5.75 Å². The lowest BCUT2D eigenvalue weighted by Crippen LogP contribution is -1.94. The van der Waals surface area contributed by atoms with Crippen LogP contribution in [0.25, 0.3) is 5.57 Å². The third-order valence-corrected chi connectivity index (χ3v) is 2.69. The predicted octanol–water partition coefficient (Wildman–Crippen LogP) is 2.41. The summed E-state index contributed by atoms with van der Waals surface area (Å²) in [6, 6.07) is 6.26. The van der Waals surface area contributed by atoms with E-state index in [0.717, 1.165) is 18.6 Å². The van der Waals surface area contributed by atoms with E-state index in [1.54, 1.807) is 7.11 Å². The zero-order valence-electron chi connectivity index (χ0n) is 8.82. The maximum atomic E-state index is 5.53. The Morgan fingerprint density at radius 2 is 2.20 bits per heavy atom. The zero-order chi connectivity index (χ0) is 9.97. The Labute approximate surface area is 96.5 Å².